The fourth-order valence-electron chi connectivity index (χ4n) is 3.85. The van der Waals surface area contributed by atoms with Gasteiger partial charge in [0.25, 0.3) is 5.91 Å². The smallest absolute Gasteiger partial charge is 0.355 e. The monoisotopic (exact) mass is 449 g/mol. The molecule has 1 saturated heterocycles. The molecular weight excluding hydrogens is 427 g/mol. The summed E-state index contributed by atoms with van der Waals surface area (Å²) in [4.78, 5) is 34.1. The van der Waals surface area contributed by atoms with E-state index in [0.29, 0.717) is 43.1 Å². The van der Waals surface area contributed by atoms with Crippen molar-refractivity contribution in [2.75, 3.05) is 18.5 Å². The van der Waals surface area contributed by atoms with Crippen LogP contribution >= 0.6 is 0 Å². The Balaban J connectivity index is 1.66. The van der Waals surface area contributed by atoms with Crippen LogP contribution in [0.5, 0.6) is 0 Å². The average molecular weight is 449 g/mol. The maximum absolute atomic E-state index is 13.3. The van der Waals surface area contributed by atoms with Crippen molar-refractivity contribution < 1.29 is 22.8 Å². The number of nitrogens with zero attached hydrogens (tertiary/aromatic N) is 6. The number of amides is 2. The number of rotatable bonds is 5. The van der Waals surface area contributed by atoms with Crippen molar-refractivity contribution in [3.8, 4) is 0 Å². The molecule has 170 valence electrons. The summed E-state index contributed by atoms with van der Waals surface area (Å²) >= 11 is 0. The van der Waals surface area contributed by atoms with Gasteiger partial charge < -0.3 is 9.88 Å². The molecule has 1 aliphatic heterocycles. The second-order valence-corrected chi connectivity index (χ2v) is 7.68. The van der Waals surface area contributed by atoms with Gasteiger partial charge in [-0.15, -0.1) is 0 Å². The van der Waals surface area contributed by atoms with Crippen LogP contribution in [-0.2, 0) is 30.9 Å². The van der Waals surface area contributed by atoms with E-state index in [9.17, 15) is 22.8 Å². The first-order valence-corrected chi connectivity index (χ1v) is 10.1. The van der Waals surface area contributed by atoms with Gasteiger partial charge in [-0.25, -0.2) is 14.5 Å². The van der Waals surface area contributed by atoms with Gasteiger partial charge in [-0.05, 0) is 25.8 Å². The van der Waals surface area contributed by atoms with Gasteiger partial charge in [0.15, 0.2) is 17.2 Å². The highest BCUT2D eigenvalue weighted by Gasteiger charge is 2.37. The molecule has 0 atom stereocenters. The molecule has 0 unspecified atom stereocenters. The minimum atomic E-state index is -4.66. The number of nitrogens with one attached hydrogen (secondary N) is 1. The minimum Gasteiger partial charge on any atom is -0.355 e. The Morgan fingerprint density at radius 2 is 2.00 bits per heavy atom. The van der Waals surface area contributed by atoms with Gasteiger partial charge in [0.05, 0.1) is 17.0 Å². The third-order valence-electron chi connectivity index (χ3n) is 5.51. The number of aromatic nitrogens is 5. The van der Waals surface area contributed by atoms with Crippen LogP contribution in [0.1, 0.15) is 46.1 Å². The van der Waals surface area contributed by atoms with Crippen molar-refractivity contribution in [2.45, 2.75) is 38.8 Å². The number of hydrogen-bond acceptors (Lipinski definition) is 5. The average Bonchev–Trinajstić information content (AvgIpc) is 3.42. The van der Waals surface area contributed by atoms with Crippen LogP contribution in [0.15, 0.2) is 12.3 Å². The van der Waals surface area contributed by atoms with Crippen LogP contribution in [0.4, 0.5) is 19.0 Å². The Bertz CT molecular complexity index is 1210. The summed E-state index contributed by atoms with van der Waals surface area (Å²) in [6.07, 6.45) is -0.834. The third kappa shape index (κ3) is 3.80. The molecule has 0 bridgehead atoms. The number of aryl methyl sites for hydroxylation is 4. The largest absolute Gasteiger partial charge is 0.435 e. The molecule has 0 radical (unpaired) electrons. The summed E-state index contributed by atoms with van der Waals surface area (Å²) in [6.45, 7) is 1.90. The highest BCUT2D eigenvalue weighted by Crippen LogP contribution is 2.32. The quantitative estimate of drug-likeness (QED) is 0.643. The van der Waals surface area contributed by atoms with Crippen LogP contribution in [0.3, 0.4) is 0 Å². The lowest BCUT2D eigenvalue weighted by Crippen LogP contribution is -2.24. The van der Waals surface area contributed by atoms with E-state index in [2.05, 4.69) is 20.4 Å². The molecule has 3 aromatic rings. The standard InChI is InChI=1S/C20H22F3N7O2/c1-11-17(20(21,22)23)26-18-13(19(32)24-2)9-12(27-30(11)18)6-7-14-25-15(10-28(14)3)29-8-4-5-16(29)31/h9-10H,4-8H2,1-3H3,(H,24,32). The van der Waals surface area contributed by atoms with Crippen LogP contribution < -0.4 is 10.2 Å². The first-order chi connectivity index (χ1) is 15.1. The number of imidazole rings is 2. The van der Waals surface area contributed by atoms with E-state index in [1.807, 2.05) is 11.6 Å². The van der Waals surface area contributed by atoms with Crippen LogP contribution in [0, 0.1) is 6.92 Å². The topological polar surface area (TPSA) is 97.4 Å². The Morgan fingerprint density at radius 1 is 1.25 bits per heavy atom. The van der Waals surface area contributed by atoms with E-state index >= 15 is 0 Å². The number of alkyl halides is 3. The summed E-state index contributed by atoms with van der Waals surface area (Å²) in [6, 6.07) is 1.45. The molecule has 0 aliphatic carbocycles. The molecular formula is C20H22F3N7O2. The van der Waals surface area contributed by atoms with Gasteiger partial charge in [0.1, 0.15) is 5.82 Å². The summed E-state index contributed by atoms with van der Waals surface area (Å²) in [5, 5.41) is 6.73. The van der Waals surface area contributed by atoms with Crippen molar-refractivity contribution in [3.05, 3.63) is 40.7 Å². The van der Waals surface area contributed by atoms with E-state index in [4.69, 9.17) is 0 Å². The molecule has 9 nitrogen and oxygen atoms in total. The van der Waals surface area contributed by atoms with Crippen molar-refractivity contribution in [1.29, 1.82) is 0 Å². The van der Waals surface area contributed by atoms with Gasteiger partial charge in [-0.3, -0.25) is 14.5 Å². The highest BCUT2D eigenvalue weighted by molar-refractivity contribution is 5.99. The van der Waals surface area contributed by atoms with Gasteiger partial charge in [0.2, 0.25) is 5.91 Å². The predicted molar refractivity (Wildman–Crippen MR) is 108 cm³/mol. The first kappa shape index (κ1) is 21.8. The molecule has 2 amide bonds. The van der Waals surface area contributed by atoms with Crippen molar-refractivity contribution >= 4 is 23.3 Å². The highest BCUT2D eigenvalue weighted by atomic mass is 19.4. The Hall–Kier alpha value is -3.44. The molecule has 1 fully saturated rings. The molecule has 32 heavy (non-hydrogen) atoms. The molecule has 4 rings (SSSR count). The molecule has 3 aromatic heterocycles. The molecule has 1 N–H and O–H groups in total. The van der Waals surface area contributed by atoms with Crippen LogP contribution in [-0.4, -0.2) is 49.6 Å². The molecule has 12 heteroatoms. The van der Waals surface area contributed by atoms with Gasteiger partial charge in [-0.1, -0.05) is 0 Å². The zero-order chi connectivity index (χ0) is 23.2. The van der Waals surface area contributed by atoms with Gasteiger partial charge in [0, 0.05) is 39.7 Å². The fraction of sp³-hybridized carbons (Fsp3) is 0.450. The zero-order valence-corrected chi connectivity index (χ0v) is 17.8. The summed E-state index contributed by atoms with van der Waals surface area (Å²) in [5.41, 5.74) is -0.973. The fourth-order valence-corrected chi connectivity index (χ4v) is 3.85. The normalized spacial score (nSPS) is 14.6. The Kier molecular flexibility index (Phi) is 5.39. The molecule has 0 saturated carbocycles. The zero-order valence-electron chi connectivity index (χ0n) is 17.8. The van der Waals surface area contributed by atoms with E-state index in [0.717, 1.165) is 10.9 Å². The lowest BCUT2D eigenvalue weighted by molar-refractivity contribution is -0.141. The van der Waals surface area contributed by atoms with E-state index in [-0.39, 0.29) is 22.8 Å². The lowest BCUT2D eigenvalue weighted by atomic mass is 10.1. The van der Waals surface area contributed by atoms with Crippen molar-refractivity contribution in [1.82, 2.24) is 29.5 Å². The van der Waals surface area contributed by atoms with Crippen molar-refractivity contribution in [2.24, 2.45) is 7.05 Å². The maximum atomic E-state index is 13.3. The summed E-state index contributed by atoms with van der Waals surface area (Å²) < 4.78 is 42.9. The van der Waals surface area contributed by atoms with Crippen LogP contribution in [0.2, 0.25) is 0 Å². The molecule has 1 aliphatic rings. The number of hydrogen-bond donors (Lipinski definition) is 1. The van der Waals surface area contributed by atoms with Crippen molar-refractivity contribution in [3.63, 3.8) is 0 Å². The first-order valence-electron chi connectivity index (χ1n) is 10.1. The number of carbonyl (C=O) groups excluding carboxylic acids is 2. The predicted octanol–water partition coefficient (Wildman–Crippen LogP) is 2.06. The Labute approximate surface area is 181 Å². The van der Waals surface area contributed by atoms with Gasteiger partial charge in [-0.2, -0.15) is 18.3 Å². The molecule has 0 aromatic carbocycles. The Morgan fingerprint density at radius 3 is 2.62 bits per heavy atom. The second-order valence-electron chi connectivity index (χ2n) is 7.68. The summed E-state index contributed by atoms with van der Waals surface area (Å²) in [5.74, 6) is 0.762. The molecule has 0 spiro atoms. The van der Waals surface area contributed by atoms with Crippen LogP contribution in [0.25, 0.3) is 5.65 Å². The number of fused-ring (bicyclic) bond motifs is 1. The SMILES string of the molecule is CNC(=O)c1cc(CCc2nc(N3CCCC3=O)cn2C)nn2c(C)c(C(F)(F)F)nc12. The molecule has 4 heterocycles. The summed E-state index contributed by atoms with van der Waals surface area (Å²) in [7, 11) is 3.21. The third-order valence-corrected chi connectivity index (χ3v) is 5.51. The number of carbonyl (C=O) groups is 2. The van der Waals surface area contributed by atoms with Gasteiger partial charge >= 0.3 is 6.18 Å². The lowest BCUT2D eigenvalue weighted by Gasteiger charge is -2.10. The second kappa shape index (κ2) is 7.92. The van der Waals surface area contributed by atoms with E-state index in [1.54, 1.807) is 11.1 Å². The van der Waals surface area contributed by atoms with E-state index in [1.165, 1.54) is 20.0 Å². The maximum Gasteiger partial charge on any atom is 0.435 e. The van der Waals surface area contributed by atoms with E-state index < -0.39 is 17.8 Å². The minimum absolute atomic E-state index is 0.0132. The number of halogens is 3. The number of anilines is 1.